The number of rotatable bonds is 5. The van der Waals surface area contributed by atoms with Gasteiger partial charge >= 0.3 is 0 Å². The topological polar surface area (TPSA) is 37.4 Å². The van der Waals surface area contributed by atoms with Crippen LogP contribution in [0.25, 0.3) is 0 Å². The highest BCUT2D eigenvalue weighted by Gasteiger charge is 2.28. The molecule has 1 aliphatic rings. The first-order valence-electron chi connectivity index (χ1n) is 6.58. The lowest BCUT2D eigenvalue weighted by atomic mass is 10.1. The number of amides is 1. The molecule has 2 rings (SSSR count). The van der Waals surface area contributed by atoms with Crippen LogP contribution in [0.4, 0.5) is 0 Å². The molecule has 1 fully saturated rings. The Kier molecular flexibility index (Phi) is 4.13. The Labute approximate surface area is 108 Å². The van der Waals surface area contributed by atoms with Gasteiger partial charge in [-0.3, -0.25) is 9.59 Å². The van der Waals surface area contributed by atoms with Crippen LogP contribution in [-0.2, 0) is 11.2 Å². The van der Waals surface area contributed by atoms with Crippen LogP contribution in [0.3, 0.4) is 0 Å². The van der Waals surface area contributed by atoms with Crippen molar-refractivity contribution < 1.29 is 9.59 Å². The van der Waals surface area contributed by atoms with Gasteiger partial charge in [0.15, 0.2) is 0 Å². The average molecular weight is 245 g/mol. The third kappa shape index (κ3) is 2.78. The Morgan fingerprint density at radius 2 is 2.06 bits per heavy atom. The molecule has 0 spiro atoms. The Hall–Kier alpha value is -1.64. The van der Waals surface area contributed by atoms with Gasteiger partial charge in [0.25, 0.3) is 0 Å². The first-order chi connectivity index (χ1) is 8.74. The fourth-order valence-electron chi connectivity index (χ4n) is 2.54. The highest BCUT2D eigenvalue weighted by molar-refractivity contribution is 5.78. The number of likely N-dealkylation sites (tertiary alicyclic amines) is 1. The zero-order valence-electron chi connectivity index (χ0n) is 10.8. The van der Waals surface area contributed by atoms with Crippen molar-refractivity contribution in [1.82, 2.24) is 4.90 Å². The summed E-state index contributed by atoms with van der Waals surface area (Å²) in [5.74, 6) is 0.284. The molecule has 1 amide bonds. The van der Waals surface area contributed by atoms with Crippen molar-refractivity contribution in [3.8, 4) is 0 Å². The number of carbonyl (C=O) groups excluding carboxylic acids is 2. The smallest absolute Gasteiger partial charge is 0.222 e. The van der Waals surface area contributed by atoms with E-state index in [0.29, 0.717) is 18.0 Å². The maximum Gasteiger partial charge on any atom is 0.222 e. The quantitative estimate of drug-likeness (QED) is 0.747. The van der Waals surface area contributed by atoms with Gasteiger partial charge in [0, 0.05) is 24.6 Å². The van der Waals surface area contributed by atoms with Gasteiger partial charge in [0.1, 0.15) is 6.29 Å². The highest BCUT2D eigenvalue weighted by atomic mass is 16.2. The second-order valence-electron chi connectivity index (χ2n) is 4.80. The number of benzene rings is 1. The first kappa shape index (κ1) is 12.8. The van der Waals surface area contributed by atoms with Crippen molar-refractivity contribution in [2.45, 2.75) is 38.6 Å². The van der Waals surface area contributed by atoms with Gasteiger partial charge in [-0.15, -0.1) is 0 Å². The zero-order chi connectivity index (χ0) is 13.0. The summed E-state index contributed by atoms with van der Waals surface area (Å²) in [6.45, 7) is 2.92. The summed E-state index contributed by atoms with van der Waals surface area (Å²) < 4.78 is 0. The molecular weight excluding hydrogens is 226 g/mol. The predicted octanol–water partition coefficient (Wildman–Crippen LogP) is 2.44. The molecule has 0 saturated carbocycles. The van der Waals surface area contributed by atoms with E-state index < -0.39 is 0 Å². The van der Waals surface area contributed by atoms with Crippen LogP contribution in [0.2, 0.25) is 0 Å². The third-order valence-corrected chi connectivity index (χ3v) is 3.68. The molecule has 1 heterocycles. The van der Waals surface area contributed by atoms with Crippen LogP contribution < -0.4 is 0 Å². The van der Waals surface area contributed by atoms with E-state index in [9.17, 15) is 9.59 Å². The molecule has 0 aromatic heterocycles. The van der Waals surface area contributed by atoms with Gasteiger partial charge in [-0.1, -0.05) is 31.2 Å². The third-order valence-electron chi connectivity index (χ3n) is 3.68. The number of nitrogens with zero attached hydrogens (tertiary/aromatic N) is 1. The molecule has 96 valence electrons. The highest BCUT2D eigenvalue weighted by Crippen LogP contribution is 2.21. The van der Waals surface area contributed by atoms with Crippen LogP contribution >= 0.6 is 0 Å². The van der Waals surface area contributed by atoms with Crippen molar-refractivity contribution in [3.05, 3.63) is 35.4 Å². The van der Waals surface area contributed by atoms with Crippen molar-refractivity contribution in [2.75, 3.05) is 6.54 Å². The predicted molar refractivity (Wildman–Crippen MR) is 70.6 cm³/mol. The van der Waals surface area contributed by atoms with E-state index in [1.54, 1.807) is 0 Å². The number of carbonyl (C=O) groups is 2. The maximum absolute atomic E-state index is 11.7. The van der Waals surface area contributed by atoms with Gasteiger partial charge in [-0.2, -0.15) is 0 Å². The minimum Gasteiger partial charge on any atom is -0.339 e. The average Bonchev–Trinajstić information content (AvgIpc) is 2.77. The minimum atomic E-state index is 0.284. The molecule has 0 N–H and O–H groups in total. The van der Waals surface area contributed by atoms with Gasteiger partial charge in [-0.25, -0.2) is 0 Å². The lowest BCUT2D eigenvalue weighted by Gasteiger charge is -2.23. The van der Waals surface area contributed by atoms with Gasteiger partial charge in [0.05, 0.1) is 0 Å². The summed E-state index contributed by atoms with van der Waals surface area (Å²) in [4.78, 5) is 24.3. The van der Waals surface area contributed by atoms with Gasteiger partial charge in [0.2, 0.25) is 5.91 Å². The normalized spacial score (nSPS) is 19.3. The summed E-state index contributed by atoms with van der Waals surface area (Å²) in [5, 5.41) is 0. The van der Waals surface area contributed by atoms with Crippen LogP contribution in [0, 0.1) is 0 Å². The van der Waals surface area contributed by atoms with E-state index in [4.69, 9.17) is 0 Å². The van der Waals surface area contributed by atoms with Crippen molar-refractivity contribution in [1.29, 1.82) is 0 Å². The second-order valence-corrected chi connectivity index (χ2v) is 4.80. The lowest BCUT2D eigenvalue weighted by Crippen LogP contribution is -2.34. The Balaban J connectivity index is 1.93. The molecule has 1 unspecified atom stereocenters. The van der Waals surface area contributed by atoms with E-state index in [1.165, 1.54) is 5.56 Å². The Morgan fingerprint density at radius 1 is 1.33 bits per heavy atom. The van der Waals surface area contributed by atoms with Crippen molar-refractivity contribution in [3.63, 3.8) is 0 Å². The zero-order valence-corrected chi connectivity index (χ0v) is 10.8. The molecule has 18 heavy (non-hydrogen) atoms. The fourth-order valence-corrected chi connectivity index (χ4v) is 2.54. The summed E-state index contributed by atoms with van der Waals surface area (Å²) in [6.07, 6.45) is 4.44. The minimum absolute atomic E-state index is 0.284. The summed E-state index contributed by atoms with van der Waals surface area (Å²) in [7, 11) is 0. The number of hydrogen-bond acceptors (Lipinski definition) is 2. The van der Waals surface area contributed by atoms with Gasteiger partial charge < -0.3 is 4.90 Å². The van der Waals surface area contributed by atoms with E-state index in [-0.39, 0.29) is 5.91 Å². The molecule has 0 aliphatic carbocycles. The summed E-state index contributed by atoms with van der Waals surface area (Å²) in [6, 6.07) is 8.00. The van der Waals surface area contributed by atoms with E-state index in [1.807, 2.05) is 29.2 Å². The van der Waals surface area contributed by atoms with E-state index in [2.05, 4.69) is 6.92 Å². The fraction of sp³-hybridized carbons (Fsp3) is 0.467. The molecule has 3 nitrogen and oxygen atoms in total. The Bertz CT molecular complexity index is 425. The van der Waals surface area contributed by atoms with Crippen molar-refractivity contribution >= 4 is 12.2 Å². The van der Waals surface area contributed by atoms with E-state index >= 15 is 0 Å². The molecule has 1 aromatic carbocycles. The SMILES string of the molecule is CCC1CCC(=O)N1CCc1ccc(C=O)cc1. The molecule has 1 atom stereocenters. The molecule has 1 saturated heterocycles. The molecule has 3 heteroatoms. The van der Waals surface area contributed by atoms with Crippen LogP contribution in [0.15, 0.2) is 24.3 Å². The van der Waals surface area contributed by atoms with E-state index in [0.717, 1.165) is 32.1 Å². The molecular formula is C15H19NO2. The monoisotopic (exact) mass is 245 g/mol. The molecule has 1 aliphatic heterocycles. The second kappa shape index (κ2) is 5.80. The van der Waals surface area contributed by atoms with Crippen LogP contribution in [0.1, 0.15) is 42.1 Å². The Morgan fingerprint density at radius 3 is 2.67 bits per heavy atom. The summed E-state index contributed by atoms with van der Waals surface area (Å²) in [5.41, 5.74) is 1.87. The molecule has 0 bridgehead atoms. The molecule has 0 radical (unpaired) electrons. The number of hydrogen-bond donors (Lipinski definition) is 0. The lowest BCUT2D eigenvalue weighted by molar-refractivity contribution is -0.128. The maximum atomic E-state index is 11.7. The standard InChI is InChI=1S/C15H19NO2/c1-2-14-7-8-15(18)16(14)10-9-12-3-5-13(11-17)6-4-12/h3-6,11,14H,2,7-10H2,1H3. The summed E-state index contributed by atoms with van der Waals surface area (Å²) >= 11 is 0. The van der Waals surface area contributed by atoms with Crippen molar-refractivity contribution in [2.24, 2.45) is 0 Å². The van der Waals surface area contributed by atoms with Gasteiger partial charge in [-0.05, 0) is 24.8 Å². The first-order valence-corrected chi connectivity index (χ1v) is 6.58. The van der Waals surface area contributed by atoms with Crippen LogP contribution in [0.5, 0.6) is 0 Å². The molecule has 1 aromatic rings. The number of aldehydes is 1. The van der Waals surface area contributed by atoms with Crippen LogP contribution in [-0.4, -0.2) is 29.7 Å². The largest absolute Gasteiger partial charge is 0.339 e.